The second-order valence-electron chi connectivity index (χ2n) is 2.69. The summed E-state index contributed by atoms with van der Waals surface area (Å²) in [6.07, 6.45) is 0. The molecule has 0 radical (unpaired) electrons. The van der Waals surface area contributed by atoms with Crippen molar-refractivity contribution in [1.82, 2.24) is 0 Å². The predicted octanol–water partition coefficient (Wildman–Crippen LogP) is 4.16. The molecule has 0 aliphatic heterocycles. The molecule has 1 aromatic rings. The average Bonchev–Trinajstić information content (AvgIpc) is 2.02. The van der Waals surface area contributed by atoms with Crippen molar-refractivity contribution in [2.24, 2.45) is 0 Å². The molecule has 0 unspecified atom stereocenters. The highest BCUT2D eigenvalue weighted by Crippen LogP contribution is 2.26. The Morgan fingerprint density at radius 3 is 2.00 bits per heavy atom. The first-order valence-corrected chi connectivity index (χ1v) is 9.50. The molecular formula is C8H8Cl4Si. The normalized spacial score (nSPS) is 11.7. The van der Waals surface area contributed by atoms with Crippen LogP contribution in [0.25, 0.3) is 0 Å². The standard InChI is InChI=1S/C8H8Cl4Si/c9-5-7-3-1-2-4-8(7)6-13(10,11)12/h1-4H,5-6H2. The van der Waals surface area contributed by atoms with Gasteiger partial charge in [0.25, 0.3) is 0 Å². The van der Waals surface area contributed by atoms with E-state index in [1.54, 1.807) is 0 Å². The molecule has 0 atom stereocenters. The van der Waals surface area contributed by atoms with Gasteiger partial charge in [0.2, 0.25) is 0 Å². The van der Waals surface area contributed by atoms with Crippen LogP contribution in [0.1, 0.15) is 11.1 Å². The van der Waals surface area contributed by atoms with Gasteiger partial charge in [0.05, 0.1) is 0 Å². The molecule has 13 heavy (non-hydrogen) atoms. The van der Waals surface area contributed by atoms with Crippen LogP contribution in [0, 0.1) is 0 Å². The van der Waals surface area contributed by atoms with Crippen molar-refractivity contribution in [3.05, 3.63) is 35.4 Å². The minimum atomic E-state index is -2.59. The molecule has 0 nitrogen and oxygen atoms in total. The highest BCUT2D eigenvalue weighted by Gasteiger charge is 2.26. The summed E-state index contributed by atoms with van der Waals surface area (Å²) in [5.74, 6) is 0.464. The van der Waals surface area contributed by atoms with Crippen molar-refractivity contribution in [3.8, 4) is 0 Å². The van der Waals surface area contributed by atoms with Crippen LogP contribution in [0.3, 0.4) is 0 Å². The van der Waals surface area contributed by atoms with Gasteiger partial charge in [-0.1, -0.05) is 24.3 Å². The minimum Gasteiger partial charge on any atom is -0.126 e. The molecule has 0 fully saturated rings. The van der Waals surface area contributed by atoms with E-state index in [-0.39, 0.29) is 0 Å². The van der Waals surface area contributed by atoms with Gasteiger partial charge in [0.15, 0.2) is 0 Å². The van der Waals surface area contributed by atoms with Crippen LogP contribution in [0.15, 0.2) is 24.3 Å². The Balaban J connectivity index is 2.87. The van der Waals surface area contributed by atoms with Crippen molar-refractivity contribution in [3.63, 3.8) is 0 Å². The highest BCUT2D eigenvalue weighted by molar-refractivity contribution is 7.64. The lowest BCUT2D eigenvalue weighted by atomic mass is 10.1. The first kappa shape index (κ1) is 11.7. The lowest BCUT2D eigenvalue weighted by Crippen LogP contribution is -2.15. The van der Waals surface area contributed by atoms with Crippen LogP contribution in [0.5, 0.6) is 0 Å². The molecule has 5 heteroatoms. The molecule has 0 aliphatic carbocycles. The van der Waals surface area contributed by atoms with Gasteiger partial charge in [-0.3, -0.25) is 0 Å². The molecule has 0 aliphatic rings. The largest absolute Gasteiger partial charge is 0.345 e. The van der Waals surface area contributed by atoms with Crippen LogP contribution in [0.2, 0.25) is 0 Å². The average molecular weight is 274 g/mol. The van der Waals surface area contributed by atoms with Gasteiger partial charge in [-0.15, -0.1) is 44.8 Å². The van der Waals surface area contributed by atoms with Crippen molar-refractivity contribution < 1.29 is 0 Å². The van der Waals surface area contributed by atoms with Crippen molar-refractivity contribution in [2.45, 2.75) is 11.9 Å². The van der Waals surface area contributed by atoms with Crippen molar-refractivity contribution in [1.29, 1.82) is 0 Å². The first-order valence-electron chi connectivity index (χ1n) is 3.72. The zero-order chi connectivity index (χ0) is 9.90. The summed E-state index contributed by atoms with van der Waals surface area (Å²) >= 11 is 23.2. The van der Waals surface area contributed by atoms with Crippen LogP contribution >= 0.6 is 44.8 Å². The fraction of sp³-hybridized carbons (Fsp3) is 0.250. The zero-order valence-electron chi connectivity index (χ0n) is 6.74. The fourth-order valence-corrected chi connectivity index (χ4v) is 3.41. The molecule has 1 aromatic carbocycles. The van der Waals surface area contributed by atoms with Crippen LogP contribution in [-0.4, -0.2) is 6.00 Å². The summed E-state index contributed by atoms with van der Waals surface area (Å²) in [7, 11) is 0. The van der Waals surface area contributed by atoms with Crippen LogP contribution < -0.4 is 0 Å². The Bertz CT molecular complexity index is 282. The molecule has 0 bridgehead atoms. The van der Waals surface area contributed by atoms with Gasteiger partial charge in [0, 0.05) is 11.9 Å². The molecule has 0 saturated carbocycles. The van der Waals surface area contributed by atoms with Crippen LogP contribution in [0.4, 0.5) is 0 Å². The van der Waals surface area contributed by atoms with E-state index in [0.717, 1.165) is 11.1 Å². The summed E-state index contributed by atoms with van der Waals surface area (Å²) in [5.41, 5.74) is 2.09. The Morgan fingerprint density at radius 2 is 1.54 bits per heavy atom. The number of benzene rings is 1. The maximum absolute atomic E-state index is 5.82. The smallest absolute Gasteiger partial charge is 0.126 e. The molecule has 1 rings (SSSR count). The van der Waals surface area contributed by atoms with E-state index >= 15 is 0 Å². The second-order valence-corrected chi connectivity index (χ2v) is 12.1. The number of hydrogen-bond donors (Lipinski definition) is 0. The van der Waals surface area contributed by atoms with Crippen molar-refractivity contribution >= 4 is 50.8 Å². The van der Waals surface area contributed by atoms with Crippen molar-refractivity contribution in [2.75, 3.05) is 0 Å². The van der Waals surface area contributed by atoms with Gasteiger partial charge < -0.3 is 0 Å². The summed E-state index contributed by atoms with van der Waals surface area (Å²) < 4.78 is 0. The lowest BCUT2D eigenvalue weighted by molar-refractivity contribution is 1.26. The summed E-state index contributed by atoms with van der Waals surface area (Å²) in [5, 5.41) is 0. The maximum Gasteiger partial charge on any atom is 0.345 e. The van der Waals surface area contributed by atoms with Gasteiger partial charge in [-0.05, 0) is 11.1 Å². The Kier molecular flexibility index (Phi) is 4.40. The minimum absolute atomic E-state index is 0.464. The van der Waals surface area contributed by atoms with Gasteiger partial charge in [-0.2, -0.15) is 0 Å². The quantitative estimate of drug-likeness (QED) is 0.441. The molecule has 0 amide bonds. The molecule has 0 heterocycles. The number of halogens is 4. The third kappa shape index (κ3) is 4.09. The monoisotopic (exact) mass is 272 g/mol. The Morgan fingerprint density at radius 1 is 1.00 bits per heavy atom. The Labute approximate surface area is 97.9 Å². The summed E-state index contributed by atoms with van der Waals surface area (Å²) in [4.78, 5) is 0. The van der Waals surface area contributed by atoms with E-state index in [4.69, 9.17) is 44.8 Å². The molecular weight excluding hydrogens is 266 g/mol. The number of hydrogen-bond acceptors (Lipinski definition) is 0. The number of alkyl halides is 1. The topological polar surface area (TPSA) is 0 Å². The SMILES string of the molecule is ClCc1ccccc1C[Si](Cl)(Cl)Cl. The maximum atomic E-state index is 5.82. The molecule has 0 spiro atoms. The fourth-order valence-electron chi connectivity index (χ4n) is 1.08. The van der Waals surface area contributed by atoms with Crippen LogP contribution in [-0.2, 0) is 11.9 Å². The zero-order valence-corrected chi connectivity index (χ0v) is 10.8. The second kappa shape index (κ2) is 4.90. The molecule has 0 N–H and O–H groups in total. The van der Waals surface area contributed by atoms with E-state index in [1.165, 1.54) is 0 Å². The first-order chi connectivity index (χ1) is 6.03. The third-order valence-electron chi connectivity index (χ3n) is 1.65. The van der Waals surface area contributed by atoms with E-state index in [0.29, 0.717) is 11.9 Å². The molecule has 72 valence electrons. The van der Waals surface area contributed by atoms with Gasteiger partial charge >= 0.3 is 6.00 Å². The van der Waals surface area contributed by atoms with E-state index < -0.39 is 6.00 Å². The third-order valence-corrected chi connectivity index (χ3v) is 3.93. The number of rotatable bonds is 3. The highest BCUT2D eigenvalue weighted by atomic mass is 35.8. The predicted molar refractivity (Wildman–Crippen MR) is 63.0 cm³/mol. The van der Waals surface area contributed by atoms with E-state index in [2.05, 4.69) is 0 Å². The van der Waals surface area contributed by atoms with Gasteiger partial charge in [-0.25, -0.2) is 0 Å². The molecule has 0 aromatic heterocycles. The van der Waals surface area contributed by atoms with E-state index in [1.807, 2.05) is 24.3 Å². The Hall–Kier alpha value is 0.597. The van der Waals surface area contributed by atoms with Gasteiger partial charge in [0.1, 0.15) is 0 Å². The summed E-state index contributed by atoms with van der Waals surface area (Å²) in [6.45, 7) is 0. The molecule has 0 saturated heterocycles. The lowest BCUT2D eigenvalue weighted by Gasteiger charge is -2.10. The van der Waals surface area contributed by atoms with E-state index in [9.17, 15) is 0 Å². The summed E-state index contributed by atoms with van der Waals surface area (Å²) in [6, 6.07) is 5.70.